The van der Waals surface area contributed by atoms with Gasteiger partial charge in [0.1, 0.15) is 17.1 Å². The van der Waals surface area contributed by atoms with Gasteiger partial charge in [-0.3, -0.25) is 4.79 Å². The van der Waals surface area contributed by atoms with Gasteiger partial charge in [0.2, 0.25) is 5.91 Å². The number of rotatable bonds is 8. The van der Waals surface area contributed by atoms with Crippen molar-refractivity contribution in [1.29, 1.82) is 0 Å². The lowest BCUT2D eigenvalue weighted by atomic mass is 9.84. The molecule has 4 rings (SSSR count). The Morgan fingerprint density at radius 2 is 1.81 bits per heavy atom. The molecular weight excluding hydrogens is 493 g/mol. The highest BCUT2D eigenvalue weighted by atomic mass is 35.5. The van der Waals surface area contributed by atoms with E-state index in [1.54, 1.807) is 30.5 Å². The van der Waals surface area contributed by atoms with Crippen molar-refractivity contribution in [1.82, 2.24) is 14.5 Å². The number of carbonyl (C=O) groups is 1. The third-order valence-corrected chi connectivity index (χ3v) is 6.32. The number of alkyl halides is 3. The van der Waals surface area contributed by atoms with Crippen molar-refractivity contribution in [3.8, 4) is 5.75 Å². The van der Waals surface area contributed by atoms with E-state index in [-0.39, 0.29) is 24.6 Å². The number of nitrogens with zero attached hydrogens (tertiary/aromatic N) is 3. The molecule has 0 spiro atoms. The summed E-state index contributed by atoms with van der Waals surface area (Å²) in [7, 11) is 0. The first kappa shape index (κ1) is 25.5. The van der Waals surface area contributed by atoms with Gasteiger partial charge in [0, 0.05) is 17.6 Å². The molecule has 6 nitrogen and oxygen atoms in total. The molecular formula is C26H24ClF3N4O2. The van der Waals surface area contributed by atoms with Gasteiger partial charge >= 0.3 is 6.36 Å². The normalized spacial score (nSPS) is 13.5. The third-order valence-electron chi connectivity index (χ3n) is 6.07. The van der Waals surface area contributed by atoms with Gasteiger partial charge in [-0.25, -0.2) is 9.97 Å². The van der Waals surface area contributed by atoms with Crippen LogP contribution in [0, 0.1) is 12.8 Å². The lowest BCUT2D eigenvalue weighted by molar-refractivity contribution is -0.274. The summed E-state index contributed by atoms with van der Waals surface area (Å²) in [6.45, 7) is 4.11. The van der Waals surface area contributed by atoms with E-state index in [0.29, 0.717) is 27.6 Å². The number of fused-ring (bicyclic) bond motifs is 1. The van der Waals surface area contributed by atoms with Crippen LogP contribution < -0.4 is 10.5 Å². The molecule has 4 aromatic rings. The molecule has 0 radical (unpaired) electrons. The molecule has 1 unspecified atom stereocenters. The molecule has 0 aliphatic carbocycles. The molecule has 2 heterocycles. The Morgan fingerprint density at radius 1 is 1.14 bits per heavy atom. The number of ether oxygens (including phenoxy) is 1. The summed E-state index contributed by atoms with van der Waals surface area (Å²) in [6.07, 6.45) is -2.79. The van der Waals surface area contributed by atoms with Gasteiger partial charge in [-0.15, -0.1) is 13.2 Å². The zero-order valence-corrected chi connectivity index (χ0v) is 20.3. The maximum Gasteiger partial charge on any atom is 0.573 e. The minimum Gasteiger partial charge on any atom is -0.406 e. The second-order valence-electron chi connectivity index (χ2n) is 8.71. The van der Waals surface area contributed by atoms with E-state index in [4.69, 9.17) is 22.3 Å². The Bertz CT molecular complexity index is 1370. The Labute approximate surface area is 210 Å². The monoisotopic (exact) mass is 516 g/mol. The highest BCUT2D eigenvalue weighted by Gasteiger charge is 2.31. The number of benzene rings is 2. The van der Waals surface area contributed by atoms with Crippen molar-refractivity contribution < 1.29 is 22.7 Å². The number of nitrogens with two attached hydrogens (primary N) is 1. The van der Waals surface area contributed by atoms with Crippen molar-refractivity contribution in [2.75, 3.05) is 0 Å². The van der Waals surface area contributed by atoms with Gasteiger partial charge in [0.05, 0.1) is 12.5 Å². The topological polar surface area (TPSA) is 83.0 Å². The van der Waals surface area contributed by atoms with Gasteiger partial charge in [-0.2, -0.15) is 0 Å². The first-order valence-corrected chi connectivity index (χ1v) is 11.6. The summed E-state index contributed by atoms with van der Waals surface area (Å²) in [6, 6.07) is 14.8. The van der Waals surface area contributed by atoms with E-state index in [2.05, 4.69) is 9.72 Å². The minimum atomic E-state index is -4.76. The molecule has 0 saturated heterocycles. The average Bonchev–Trinajstić information content (AvgIpc) is 3.13. The number of hydrogen-bond acceptors (Lipinski definition) is 4. The third kappa shape index (κ3) is 5.96. The predicted molar refractivity (Wildman–Crippen MR) is 131 cm³/mol. The molecule has 10 heteroatoms. The number of amides is 1. The van der Waals surface area contributed by atoms with Crippen LogP contribution in [0.3, 0.4) is 0 Å². The average molecular weight is 517 g/mol. The van der Waals surface area contributed by atoms with E-state index in [1.165, 1.54) is 12.1 Å². The number of halogens is 4. The summed E-state index contributed by atoms with van der Waals surface area (Å²) < 4.78 is 43.4. The number of aromatic nitrogens is 3. The fourth-order valence-corrected chi connectivity index (χ4v) is 4.30. The summed E-state index contributed by atoms with van der Waals surface area (Å²) in [5, 5.41) is 0.594. The number of primary amides is 1. The largest absolute Gasteiger partial charge is 0.573 e. The summed E-state index contributed by atoms with van der Waals surface area (Å²) in [5.74, 6) is -0.939. The van der Waals surface area contributed by atoms with Gasteiger partial charge in [0.15, 0.2) is 5.65 Å². The number of aryl methyl sites for hydroxylation is 1. The number of hydrogen-bond donors (Lipinski definition) is 1. The molecule has 0 aliphatic rings. The molecule has 0 aliphatic heterocycles. The van der Waals surface area contributed by atoms with Gasteiger partial charge < -0.3 is 15.0 Å². The summed E-state index contributed by atoms with van der Waals surface area (Å²) in [5.41, 5.74) is 9.64. The van der Waals surface area contributed by atoms with Crippen molar-refractivity contribution in [2.45, 2.75) is 39.1 Å². The summed E-state index contributed by atoms with van der Waals surface area (Å²) >= 11 is 6.01. The van der Waals surface area contributed by atoms with Crippen molar-refractivity contribution in [3.63, 3.8) is 0 Å². The fraction of sp³-hybridized carbons (Fsp3) is 0.269. The molecule has 36 heavy (non-hydrogen) atoms. The Kier molecular flexibility index (Phi) is 7.21. The Morgan fingerprint density at radius 3 is 2.42 bits per heavy atom. The van der Waals surface area contributed by atoms with Gasteiger partial charge in [0.25, 0.3) is 0 Å². The van der Waals surface area contributed by atoms with E-state index < -0.39 is 18.2 Å². The van der Waals surface area contributed by atoms with Crippen LogP contribution in [0.1, 0.15) is 35.4 Å². The molecule has 2 atom stereocenters. The maximum absolute atomic E-state index is 12.5. The fourth-order valence-electron chi connectivity index (χ4n) is 4.18. The zero-order chi connectivity index (χ0) is 26.0. The highest BCUT2D eigenvalue weighted by Crippen LogP contribution is 2.30. The van der Waals surface area contributed by atoms with Crippen LogP contribution in [-0.4, -0.2) is 26.8 Å². The number of carbonyl (C=O) groups excluding carboxylic acids is 1. The van der Waals surface area contributed by atoms with E-state index in [9.17, 15) is 18.0 Å². The number of pyridine rings is 1. The predicted octanol–water partition coefficient (Wildman–Crippen LogP) is 5.79. The van der Waals surface area contributed by atoms with Crippen LogP contribution in [0.4, 0.5) is 13.2 Å². The molecule has 0 bridgehead atoms. The van der Waals surface area contributed by atoms with Crippen molar-refractivity contribution >= 4 is 28.7 Å². The Hall–Kier alpha value is -3.59. The van der Waals surface area contributed by atoms with E-state index in [1.807, 2.05) is 36.6 Å². The van der Waals surface area contributed by atoms with Gasteiger partial charge in [-0.1, -0.05) is 42.8 Å². The van der Waals surface area contributed by atoms with Crippen LogP contribution >= 0.6 is 11.6 Å². The molecule has 2 aromatic carbocycles. The molecule has 2 aromatic heterocycles. The Balaban J connectivity index is 1.68. The lowest BCUT2D eigenvalue weighted by Crippen LogP contribution is -2.30. The molecule has 1 amide bonds. The van der Waals surface area contributed by atoms with Gasteiger partial charge in [-0.05, 0) is 59.9 Å². The van der Waals surface area contributed by atoms with Crippen LogP contribution in [-0.2, 0) is 17.8 Å². The lowest BCUT2D eigenvalue weighted by Gasteiger charge is -2.22. The van der Waals surface area contributed by atoms with Crippen molar-refractivity contribution in [3.05, 3.63) is 88.3 Å². The van der Waals surface area contributed by atoms with Crippen LogP contribution in [0.2, 0.25) is 5.02 Å². The molecule has 188 valence electrons. The SMILES string of the molecule is Cc1cnc2c(c1)nc(CC(C(N)=O)[C@H](C)c1ccc(Cl)cc1)n2Cc1ccc(OC(F)(F)F)cc1. The first-order chi connectivity index (χ1) is 17.0. The smallest absolute Gasteiger partial charge is 0.406 e. The number of imidazole rings is 1. The molecule has 2 N–H and O–H groups in total. The second kappa shape index (κ2) is 10.2. The quantitative estimate of drug-likeness (QED) is 0.321. The standard InChI is InChI=1S/C26H24ClF3N4O2/c1-15-11-22-25(32-13-15)34(14-17-3-9-20(10-4-17)36-26(28,29)30)23(33-22)12-21(24(31)35)16(2)18-5-7-19(27)8-6-18/h3-11,13,16,21H,12,14H2,1-2H3,(H2,31,35)/t16-,21?/m1/s1. The molecule has 0 saturated carbocycles. The van der Waals surface area contributed by atoms with Crippen LogP contribution in [0.5, 0.6) is 5.75 Å². The van der Waals surface area contributed by atoms with Crippen molar-refractivity contribution in [2.24, 2.45) is 11.7 Å². The maximum atomic E-state index is 12.5. The van der Waals surface area contributed by atoms with Crippen LogP contribution in [0.25, 0.3) is 11.2 Å². The van der Waals surface area contributed by atoms with E-state index in [0.717, 1.165) is 11.1 Å². The van der Waals surface area contributed by atoms with E-state index >= 15 is 0 Å². The molecule has 0 fully saturated rings. The zero-order valence-electron chi connectivity index (χ0n) is 19.6. The first-order valence-electron chi connectivity index (χ1n) is 11.2. The summed E-state index contributed by atoms with van der Waals surface area (Å²) in [4.78, 5) is 21.8. The van der Waals surface area contributed by atoms with Crippen LogP contribution in [0.15, 0.2) is 60.8 Å². The highest BCUT2D eigenvalue weighted by molar-refractivity contribution is 6.30. The minimum absolute atomic E-state index is 0.207. The second-order valence-corrected chi connectivity index (χ2v) is 9.15.